The maximum absolute atomic E-state index is 2.36. The molecule has 2 aromatic carbocycles. The lowest BCUT2D eigenvalue weighted by Crippen LogP contribution is -2.67. The molecule has 0 aliphatic carbocycles. The van der Waals surface area contributed by atoms with Crippen molar-refractivity contribution in [2.75, 3.05) is 19.0 Å². The first-order valence-electron chi connectivity index (χ1n) is 10.0. The molecule has 28 heavy (non-hydrogen) atoms. The van der Waals surface area contributed by atoms with E-state index in [0.717, 1.165) is 0 Å². The van der Waals surface area contributed by atoms with Gasteiger partial charge in [0.1, 0.15) is 12.4 Å². The van der Waals surface area contributed by atoms with Crippen molar-refractivity contribution in [2.24, 2.45) is 0 Å². The van der Waals surface area contributed by atoms with Crippen molar-refractivity contribution in [3.63, 3.8) is 0 Å². The monoisotopic (exact) mass is 371 g/mol. The number of benzene rings is 2. The van der Waals surface area contributed by atoms with Crippen molar-refractivity contribution in [3.05, 3.63) is 82.2 Å². The highest BCUT2D eigenvalue weighted by Gasteiger charge is 2.39. The number of aromatic nitrogens is 1. The Morgan fingerprint density at radius 1 is 0.643 bits per heavy atom. The number of pyridine rings is 1. The molecule has 0 atom stereocenters. The van der Waals surface area contributed by atoms with Crippen LogP contribution in [0.3, 0.4) is 0 Å². The van der Waals surface area contributed by atoms with Gasteiger partial charge in [0.25, 0.3) is 0 Å². The quantitative estimate of drug-likeness (QED) is 0.637. The summed E-state index contributed by atoms with van der Waals surface area (Å²) in [5.74, 6) is 0. The first-order valence-corrected chi connectivity index (χ1v) is 10.0. The Morgan fingerprint density at radius 2 is 1.00 bits per heavy atom. The fraction of sp³-hybridized carbons (Fsp3) is 0.320. The Balaban J connectivity index is 2.30. The van der Waals surface area contributed by atoms with Gasteiger partial charge in [-0.2, -0.15) is 0 Å². The molecule has 3 rings (SSSR count). The van der Waals surface area contributed by atoms with Crippen LogP contribution in [-0.2, 0) is 0 Å². The number of hydrogen-bond acceptors (Lipinski definition) is 1. The maximum Gasteiger partial charge on any atom is 0.560 e. The minimum Gasteiger partial charge on any atom is -0.377 e. The van der Waals surface area contributed by atoms with Crippen LogP contribution in [0.2, 0.25) is 0 Å². The molecule has 2 nitrogen and oxygen atoms in total. The Hall–Kier alpha value is -2.55. The summed E-state index contributed by atoms with van der Waals surface area (Å²) in [6, 6.07) is 13.6. The van der Waals surface area contributed by atoms with Gasteiger partial charge in [-0.3, -0.25) is 4.48 Å². The second kappa shape index (κ2) is 7.83. The summed E-state index contributed by atoms with van der Waals surface area (Å²) >= 11 is 0. The van der Waals surface area contributed by atoms with Gasteiger partial charge in [0.2, 0.25) is 0 Å². The molecule has 0 spiro atoms. The molecule has 0 fully saturated rings. The zero-order chi connectivity index (χ0) is 20.6. The first kappa shape index (κ1) is 20.2. The predicted molar refractivity (Wildman–Crippen MR) is 123 cm³/mol. The molecule has 144 valence electrons. The number of hydrogen-bond donors (Lipinski definition) is 0. The van der Waals surface area contributed by atoms with Gasteiger partial charge in [0.15, 0.2) is 0 Å². The van der Waals surface area contributed by atoms with E-state index in [2.05, 4.69) is 114 Å². The van der Waals surface area contributed by atoms with Gasteiger partial charge in [0.05, 0.1) is 0 Å². The molecule has 0 saturated carbocycles. The molecular weight excluding hydrogens is 339 g/mol. The lowest BCUT2D eigenvalue weighted by Gasteiger charge is -2.19. The summed E-state index contributed by atoms with van der Waals surface area (Å²) in [6.45, 7) is 13.5. The van der Waals surface area contributed by atoms with Crippen molar-refractivity contribution >= 4 is 23.5 Å². The molecule has 0 aliphatic rings. The predicted octanol–water partition coefficient (Wildman–Crippen LogP) is 3.54. The van der Waals surface area contributed by atoms with Gasteiger partial charge >= 0.3 is 6.85 Å². The van der Waals surface area contributed by atoms with Gasteiger partial charge in [-0.05, 0) is 63.8 Å². The molecular formula is C25H32BN2+. The van der Waals surface area contributed by atoms with Crippen LogP contribution in [0.15, 0.2) is 48.8 Å². The summed E-state index contributed by atoms with van der Waals surface area (Å²) in [4.78, 5) is 2.14. The van der Waals surface area contributed by atoms with Gasteiger partial charge in [-0.15, -0.1) is 0 Å². The second-order valence-electron chi connectivity index (χ2n) is 8.43. The highest BCUT2D eigenvalue weighted by atomic mass is 15.1. The average molecular weight is 371 g/mol. The van der Waals surface area contributed by atoms with Crippen LogP contribution in [0.1, 0.15) is 33.4 Å². The molecule has 0 saturated heterocycles. The van der Waals surface area contributed by atoms with Crippen LogP contribution >= 0.6 is 0 Å². The van der Waals surface area contributed by atoms with E-state index < -0.39 is 0 Å². The number of anilines is 1. The SMILES string of the molecule is Cc1cc(C)c(B(c2c(C)cc(C)cc2C)[n+]2ccc(N(C)C)cc2)c(C)c1. The third kappa shape index (κ3) is 3.85. The summed E-state index contributed by atoms with van der Waals surface area (Å²) in [5, 5.41) is 0. The van der Waals surface area contributed by atoms with Gasteiger partial charge in [0, 0.05) is 42.8 Å². The van der Waals surface area contributed by atoms with Crippen molar-refractivity contribution in [1.82, 2.24) is 0 Å². The maximum atomic E-state index is 2.36. The van der Waals surface area contributed by atoms with Crippen molar-refractivity contribution in [2.45, 2.75) is 41.5 Å². The van der Waals surface area contributed by atoms with Crippen LogP contribution in [0.25, 0.3) is 0 Å². The standard InChI is InChI=1S/C25H32BN2/c1-17-13-19(3)24(20(4)14-17)26(25-21(5)15-18(2)16-22(25)6)28-11-9-23(10-12-28)27(7)8/h9-16H,1-8H3/q+1. The van der Waals surface area contributed by atoms with E-state index in [9.17, 15) is 0 Å². The number of rotatable bonds is 4. The van der Waals surface area contributed by atoms with E-state index >= 15 is 0 Å². The fourth-order valence-electron chi connectivity index (χ4n) is 4.59. The average Bonchev–Trinajstić information content (AvgIpc) is 2.58. The van der Waals surface area contributed by atoms with Crippen LogP contribution in [0.5, 0.6) is 0 Å². The molecule has 0 N–H and O–H groups in total. The van der Waals surface area contributed by atoms with Crippen LogP contribution in [0.4, 0.5) is 5.69 Å². The van der Waals surface area contributed by atoms with Crippen LogP contribution in [0, 0.1) is 41.5 Å². The van der Waals surface area contributed by atoms with Crippen molar-refractivity contribution in [3.8, 4) is 0 Å². The minimum absolute atomic E-state index is 0.164. The third-order valence-corrected chi connectivity index (χ3v) is 5.67. The Morgan fingerprint density at radius 3 is 1.32 bits per heavy atom. The highest BCUT2D eigenvalue weighted by molar-refractivity contribution is 6.79. The summed E-state index contributed by atoms with van der Waals surface area (Å²) < 4.78 is 2.36. The van der Waals surface area contributed by atoms with E-state index in [1.807, 2.05) is 0 Å². The first-order chi connectivity index (χ1) is 13.2. The molecule has 0 bridgehead atoms. The van der Waals surface area contributed by atoms with Gasteiger partial charge < -0.3 is 4.90 Å². The van der Waals surface area contributed by atoms with Crippen LogP contribution < -0.4 is 20.3 Å². The van der Waals surface area contributed by atoms with Crippen molar-refractivity contribution < 1.29 is 4.48 Å². The Labute approximate surface area is 171 Å². The number of aryl methyl sites for hydroxylation is 6. The lowest BCUT2D eigenvalue weighted by molar-refractivity contribution is -0.532. The summed E-state index contributed by atoms with van der Waals surface area (Å²) in [5.41, 5.74) is 12.1. The van der Waals surface area contributed by atoms with E-state index in [4.69, 9.17) is 0 Å². The van der Waals surface area contributed by atoms with Gasteiger partial charge in [-0.1, -0.05) is 35.4 Å². The molecule has 0 radical (unpaired) electrons. The normalized spacial score (nSPS) is 10.9. The minimum atomic E-state index is 0.164. The Kier molecular flexibility index (Phi) is 5.65. The van der Waals surface area contributed by atoms with E-state index in [-0.39, 0.29) is 6.85 Å². The van der Waals surface area contributed by atoms with E-state index in [1.54, 1.807) is 0 Å². The smallest absolute Gasteiger partial charge is 0.377 e. The summed E-state index contributed by atoms with van der Waals surface area (Å²) in [7, 11) is 4.17. The molecule has 0 amide bonds. The van der Waals surface area contributed by atoms with Crippen LogP contribution in [-0.4, -0.2) is 20.9 Å². The summed E-state index contributed by atoms with van der Waals surface area (Å²) in [6.07, 6.45) is 4.44. The second-order valence-corrected chi connectivity index (χ2v) is 8.43. The molecule has 1 heterocycles. The number of nitrogens with zero attached hydrogens (tertiary/aromatic N) is 2. The van der Waals surface area contributed by atoms with E-state index in [1.165, 1.54) is 50.0 Å². The highest BCUT2D eigenvalue weighted by Crippen LogP contribution is 2.12. The molecule has 0 unspecified atom stereocenters. The fourth-order valence-corrected chi connectivity index (χ4v) is 4.59. The molecule has 3 heteroatoms. The zero-order valence-electron chi connectivity index (χ0n) is 18.6. The zero-order valence-corrected chi connectivity index (χ0v) is 18.6. The topological polar surface area (TPSA) is 7.12 Å². The molecule has 3 aromatic rings. The van der Waals surface area contributed by atoms with Crippen molar-refractivity contribution in [1.29, 1.82) is 0 Å². The molecule has 1 aromatic heterocycles. The molecule has 0 aliphatic heterocycles. The lowest BCUT2D eigenvalue weighted by atomic mass is 9.46. The largest absolute Gasteiger partial charge is 0.560 e. The Bertz CT molecular complexity index is 900. The van der Waals surface area contributed by atoms with Gasteiger partial charge in [-0.25, -0.2) is 0 Å². The van der Waals surface area contributed by atoms with E-state index in [0.29, 0.717) is 0 Å². The third-order valence-electron chi connectivity index (χ3n) is 5.67.